The molecule has 0 aliphatic carbocycles. The molecule has 31 heavy (non-hydrogen) atoms. The van der Waals surface area contributed by atoms with Gasteiger partial charge in [0.15, 0.2) is 0 Å². The molecule has 4 aromatic rings. The number of halogens is 2. The standard InChI is InChI=1S/C17H11F2N3O3S.C3H6O2/c18-9-5-10(19)7-11(6-9)22-26(24,25)12-1-2-15-14(8-12)13-3-4-20-16(13)17(23)21-15;1-2-3(4)5/h1-8,20,22H,(H,21,23);2H2,1H3,(H,4,5)/p-1. The summed E-state index contributed by atoms with van der Waals surface area (Å²) < 4.78 is 53.9. The topological polar surface area (TPSA) is 135 Å². The molecule has 0 aliphatic heterocycles. The number of aliphatic carboxylic acids is 1. The van der Waals surface area contributed by atoms with E-state index in [1.165, 1.54) is 25.1 Å². The number of hydrogen-bond acceptors (Lipinski definition) is 5. The molecule has 0 fully saturated rings. The van der Waals surface area contributed by atoms with Crippen LogP contribution in [0.5, 0.6) is 0 Å². The van der Waals surface area contributed by atoms with E-state index < -0.39 is 27.6 Å². The lowest BCUT2D eigenvalue weighted by atomic mass is 10.1. The number of aromatic amines is 2. The molecule has 0 saturated carbocycles. The van der Waals surface area contributed by atoms with Gasteiger partial charge in [-0.25, -0.2) is 17.2 Å². The van der Waals surface area contributed by atoms with Gasteiger partial charge >= 0.3 is 0 Å². The Morgan fingerprint density at radius 1 is 1.06 bits per heavy atom. The fourth-order valence-electron chi connectivity index (χ4n) is 2.82. The van der Waals surface area contributed by atoms with E-state index in [-0.39, 0.29) is 22.6 Å². The summed E-state index contributed by atoms with van der Waals surface area (Å²) >= 11 is 0. The molecule has 4 rings (SSSR count). The SMILES string of the molecule is CCC(=O)[O-].O=c1[nH]c2ccc(S(=O)(=O)Nc3cc(F)cc(F)c3)cc2c2cc[nH]c12. The van der Waals surface area contributed by atoms with Crippen LogP contribution in [-0.2, 0) is 14.8 Å². The van der Waals surface area contributed by atoms with Gasteiger partial charge in [0.2, 0.25) is 0 Å². The van der Waals surface area contributed by atoms with Gasteiger partial charge in [-0.2, -0.15) is 0 Å². The zero-order valence-electron chi connectivity index (χ0n) is 16.0. The summed E-state index contributed by atoms with van der Waals surface area (Å²) in [5.74, 6) is -2.79. The molecule has 2 aromatic carbocycles. The number of sulfonamides is 1. The first kappa shape index (κ1) is 22.0. The Kier molecular flexibility index (Phi) is 6.07. The predicted molar refractivity (Wildman–Crippen MR) is 109 cm³/mol. The number of anilines is 1. The molecular weight excluding hydrogens is 432 g/mol. The predicted octanol–water partition coefficient (Wildman–Crippen LogP) is 2.23. The maximum Gasteiger partial charge on any atom is 0.272 e. The molecular formula is C20H16F2N3O5S-. The third-order valence-electron chi connectivity index (χ3n) is 4.22. The molecule has 0 spiro atoms. The lowest BCUT2D eigenvalue weighted by Gasteiger charge is -2.10. The molecule has 162 valence electrons. The molecule has 2 aromatic heterocycles. The number of H-pyrrole nitrogens is 2. The average Bonchev–Trinajstić information content (AvgIpc) is 3.18. The molecule has 0 amide bonds. The van der Waals surface area contributed by atoms with E-state index in [4.69, 9.17) is 0 Å². The van der Waals surface area contributed by atoms with Crippen LogP contribution in [0.4, 0.5) is 14.5 Å². The number of fused-ring (bicyclic) bond motifs is 3. The largest absolute Gasteiger partial charge is 0.550 e. The minimum atomic E-state index is -4.09. The third-order valence-corrected chi connectivity index (χ3v) is 5.60. The van der Waals surface area contributed by atoms with E-state index in [1.807, 2.05) is 0 Å². The third kappa shape index (κ3) is 4.89. The quantitative estimate of drug-likeness (QED) is 0.440. The highest BCUT2D eigenvalue weighted by molar-refractivity contribution is 7.92. The number of carbonyl (C=O) groups is 1. The van der Waals surface area contributed by atoms with Crippen molar-refractivity contribution in [2.45, 2.75) is 18.2 Å². The van der Waals surface area contributed by atoms with Gasteiger partial charge < -0.3 is 19.9 Å². The summed E-state index contributed by atoms with van der Waals surface area (Å²) in [6.45, 7) is 1.54. The van der Waals surface area contributed by atoms with Crippen molar-refractivity contribution < 1.29 is 27.1 Å². The Balaban J connectivity index is 0.000000491. The van der Waals surface area contributed by atoms with Crippen LogP contribution in [0.2, 0.25) is 0 Å². The number of benzene rings is 2. The maximum atomic E-state index is 13.3. The van der Waals surface area contributed by atoms with E-state index in [0.717, 1.165) is 12.1 Å². The Morgan fingerprint density at radius 3 is 2.32 bits per heavy atom. The van der Waals surface area contributed by atoms with Crippen molar-refractivity contribution in [3.63, 3.8) is 0 Å². The molecule has 0 aliphatic rings. The van der Waals surface area contributed by atoms with E-state index in [1.54, 1.807) is 12.3 Å². The second kappa shape index (κ2) is 8.56. The van der Waals surface area contributed by atoms with Gasteiger partial charge in [0.25, 0.3) is 15.6 Å². The Bertz CT molecular complexity index is 1420. The zero-order valence-corrected chi connectivity index (χ0v) is 16.8. The number of hydrogen-bond donors (Lipinski definition) is 3. The number of nitrogens with one attached hydrogen (secondary N) is 3. The van der Waals surface area contributed by atoms with Crippen LogP contribution < -0.4 is 15.4 Å². The fourth-order valence-corrected chi connectivity index (χ4v) is 3.88. The van der Waals surface area contributed by atoms with Crippen molar-refractivity contribution >= 4 is 43.5 Å². The highest BCUT2D eigenvalue weighted by Crippen LogP contribution is 2.25. The van der Waals surface area contributed by atoms with Crippen LogP contribution >= 0.6 is 0 Å². The van der Waals surface area contributed by atoms with Crippen molar-refractivity contribution in [3.8, 4) is 0 Å². The van der Waals surface area contributed by atoms with Gasteiger partial charge in [0.05, 0.1) is 10.6 Å². The summed E-state index contributed by atoms with van der Waals surface area (Å²) in [5, 5.41) is 10.3. The van der Waals surface area contributed by atoms with Crippen molar-refractivity contribution in [1.29, 1.82) is 0 Å². The van der Waals surface area contributed by atoms with Crippen LogP contribution in [0.3, 0.4) is 0 Å². The molecule has 0 unspecified atom stereocenters. The van der Waals surface area contributed by atoms with Crippen molar-refractivity contribution in [1.82, 2.24) is 9.97 Å². The molecule has 11 heteroatoms. The first-order valence-electron chi connectivity index (χ1n) is 8.92. The van der Waals surface area contributed by atoms with E-state index in [9.17, 15) is 31.9 Å². The first-order chi connectivity index (χ1) is 14.6. The molecule has 2 heterocycles. The number of aromatic nitrogens is 2. The number of carboxylic acids is 1. The first-order valence-corrected chi connectivity index (χ1v) is 10.4. The summed E-state index contributed by atoms with van der Waals surface area (Å²) in [7, 11) is -4.09. The summed E-state index contributed by atoms with van der Waals surface area (Å²) in [6, 6.07) is 8.22. The highest BCUT2D eigenvalue weighted by Gasteiger charge is 2.17. The second-order valence-electron chi connectivity index (χ2n) is 6.42. The summed E-state index contributed by atoms with van der Waals surface area (Å²) in [6.07, 6.45) is 1.69. The minimum absolute atomic E-state index is 0.107. The van der Waals surface area contributed by atoms with E-state index in [0.29, 0.717) is 27.9 Å². The van der Waals surface area contributed by atoms with Gasteiger partial charge in [-0.15, -0.1) is 0 Å². The molecule has 0 bridgehead atoms. The Morgan fingerprint density at radius 2 is 1.71 bits per heavy atom. The fraction of sp³-hybridized carbons (Fsp3) is 0.100. The van der Waals surface area contributed by atoms with Gasteiger partial charge in [-0.05, 0) is 42.8 Å². The van der Waals surface area contributed by atoms with E-state index >= 15 is 0 Å². The highest BCUT2D eigenvalue weighted by atomic mass is 32.2. The number of carboxylic acid groups (broad SMARTS) is 1. The van der Waals surface area contributed by atoms with Gasteiger partial charge in [0.1, 0.15) is 17.2 Å². The van der Waals surface area contributed by atoms with Crippen LogP contribution in [-0.4, -0.2) is 24.4 Å². The average molecular weight is 448 g/mol. The number of pyridine rings is 1. The molecule has 8 nitrogen and oxygen atoms in total. The molecule has 0 atom stereocenters. The van der Waals surface area contributed by atoms with Crippen LogP contribution in [0.1, 0.15) is 13.3 Å². The molecule has 3 N–H and O–H groups in total. The lowest BCUT2D eigenvalue weighted by Crippen LogP contribution is -2.19. The number of carbonyl (C=O) groups excluding carboxylic acids is 1. The monoisotopic (exact) mass is 448 g/mol. The van der Waals surface area contributed by atoms with Crippen molar-refractivity contribution in [2.24, 2.45) is 0 Å². The van der Waals surface area contributed by atoms with Gasteiger partial charge in [-0.1, -0.05) is 6.92 Å². The smallest absolute Gasteiger partial charge is 0.272 e. The Labute approximate surface area is 174 Å². The maximum absolute atomic E-state index is 13.3. The van der Waals surface area contributed by atoms with Gasteiger partial charge in [-0.3, -0.25) is 9.52 Å². The lowest BCUT2D eigenvalue weighted by molar-refractivity contribution is -0.305. The Hall–Kier alpha value is -3.73. The van der Waals surface area contributed by atoms with Crippen LogP contribution in [0, 0.1) is 11.6 Å². The van der Waals surface area contributed by atoms with Crippen LogP contribution in [0.15, 0.2) is 58.4 Å². The molecule has 0 saturated heterocycles. The second-order valence-corrected chi connectivity index (χ2v) is 8.10. The van der Waals surface area contributed by atoms with Crippen molar-refractivity contribution in [2.75, 3.05) is 4.72 Å². The van der Waals surface area contributed by atoms with Gasteiger partial charge in [0, 0.05) is 34.5 Å². The zero-order chi connectivity index (χ0) is 22.8. The molecule has 0 radical (unpaired) electrons. The van der Waals surface area contributed by atoms with E-state index in [2.05, 4.69) is 14.7 Å². The normalized spacial score (nSPS) is 11.2. The summed E-state index contributed by atoms with van der Waals surface area (Å²) in [4.78, 5) is 26.6. The summed E-state index contributed by atoms with van der Waals surface area (Å²) in [5.41, 5.74) is 0.252. The van der Waals surface area contributed by atoms with Crippen molar-refractivity contribution in [3.05, 3.63) is 70.6 Å². The number of rotatable bonds is 4. The van der Waals surface area contributed by atoms with Crippen LogP contribution in [0.25, 0.3) is 21.8 Å². The minimum Gasteiger partial charge on any atom is -0.550 e.